The van der Waals surface area contributed by atoms with Crippen LogP contribution < -0.4 is 0 Å². The molecule has 0 radical (unpaired) electrons. The molecule has 0 saturated carbocycles. The maximum absolute atomic E-state index is 8.86. The van der Waals surface area contributed by atoms with Crippen LogP contribution >= 0.6 is 11.8 Å². The van der Waals surface area contributed by atoms with E-state index in [1.165, 1.54) is 0 Å². The van der Waals surface area contributed by atoms with E-state index in [-0.39, 0.29) is 0 Å². The highest BCUT2D eigenvalue weighted by Gasteiger charge is 1.99. The molecule has 0 spiro atoms. The number of hydrogen-bond donors (Lipinski definition) is 0. The number of thioether (sulfide) groups is 1. The van der Waals surface area contributed by atoms with E-state index >= 15 is 0 Å². The zero-order valence-electron chi connectivity index (χ0n) is 8.44. The van der Waals surface area contributed by atoms with Crippen LogP contribution in [0.15, 0.2) is 24.3 Å². The number of benzene rings is 1. The van der Waals surface area contributed by atoms with Gasteiger partial charge < -0.3 is 0 Å². The summed E-state index contributed by atoms with van der Waals surface area (Å²) >= 11 is 1.77. The van der Waals surface area contributed by atoms with Gasteiger partial charge in [-0.3, -0.25) is 0 Å². The average molecular weight is 216 g/mol. The van der Waals surface area contributed by atoms with Crippen molar-refractivity contribution in [1.29, 1.82) is 10.5 Å². The first-order valence-corrected chi connectivity index (χ1v) is 5.96. The lowest BCUT2D eigenvalue weighted by Gasteiger charge is -2.02. The lowest BCUT2D eigenvalue weighted by molar-refractivity contribution is 0.981. The summed E-state index contributed by atoms with van der Waals surface area (Å²) in [5.74, 6) is 1.84. The minimum absolute atomic E-state index is 0.618. The lowest BCUT2D eigenvalue weighted by Crippen LogP contribution is -1.88. The predicted molar refractivity (Wildman–Crippen MR) is 62.2 cm³/mol. The molecule has 0 aliphatic heterocycles. The molecule has 76 valence electrons. The zero-order valence-corrected chi connectivity index (χ0v) is 9.26. The summed E-state index contributed by atoms with van der Waals surface area (Å²) in [6, 6.07) is 12.0. The Balaban J connectivity index is 2.38. The van der Waals surface area contributed by atoms with E-state index < -0.39 is 0 Å². The van der Waals surface area contributed by atoms with Crippen molar-refractivity contribution in [3.05, 3.63) is 35.4 Å². The van der Waals surface area contributed by atoms with E-state index in [4.69, 9.17) is 10.5 Å². The van der Waals surface area contributed by atoms with Crippen LogP contribution in [0, 0.1) is 22.7 Å². The highest BCUT2D eigenvalue weighted by Crippen LogP contribution is 2.16. The minimum Gasteiger partial charge on any atom is -0.198 e. The van der Waals surface area contributed by atoms with Gasteiger partial charge in [0, 0.05) is 12.2 Å². The topological polar surface area (TPSA) is 47.6 Å². The van der Waals surface area contributed by atoms with E-state index in [2.05, 4.69) is 12.1 Å². The Morgan fingerprint density at radius 2 is 2.00 bits per heavy atom. The van der Waals surface area contributed by atoms with Crippen molar-refractivity contribution in [2.75, 3.05) is 5.75 Å². The summed E-state index contributed by atoms with van der Waals surface area (Å²) in [5.41, 5.74) is 1.84. The zero-order chi connectivity index (χ0) is 10.9. The van der Waals surface area contributed by atoms with Crippen LogP contribution in [-0.4, -0.2) is 5.75 Å². The van der Waals surface area contributed by atoms with Gasteiger partial charge in [-0.15, -0.1) is 0 Å². The molecule has 1 aromatic carbocycles. The van der Waals surface area contributed by atoms with Crippen molar-refractivity contribution in [3.63, 3.8) is 0 Å². The van der Waals surface area contributed by atoms with Crippen LogP contribution in [0.3, 0.4) is 0 Å². The van der Waals surface area contributed by atoms with E-state index in [1.807, 2.05) is 24.3 Å². The van der Waals surface area contributed by atoms with Crippen molar-refractivity contribution in [2.45, 2.75) is 18.6 Å². The molecule has 0 aliphatic carbocycles. The molecule has 0 aromatic heterocycles. The van der Waals surface area contributed by atoms with Crippen molar-refractivity contribution in [1.82, 2.24) is 0 Å². The fourth-order valence-corrected chi connectivity index (χ4v) is 2.16. The Bertz CT molecular complexity index is 387. The fourth-order valence-electron chi connectivity index (χ4n) is 1.19. The maximum Gasteiger partial charge on any atom is 0.0994 e. The molecule has 1 aromatic rings. The number of hydrogen-bond acceptors (Lipinski definition) is 3. The van der Waals surface area contributed by atoms with E-state index in [0.29, 0.717) is 6.42 Å². The lowest BCUT2D eigenvalue weighted by atomic mass is 10.1. The third-order valence-corrected chi connectivity index (χ3v) is 3.07. The van der Waals surface area contributed by atoms with Gasteiger partial charge in [0.1, 0.15) is 0 Å². The molecular weight excluding hydrogens is 204 g/mol. The molecule has 3 heteroatoms. The van der Waals surface area contributed by atoms with Crippen molar-refractivity contribution < 1.29 is 0 Å². The monoisotopic (exact) mass is 216 g/mol. The highest BCUT2D eigenvalue weighted by atomic mass is 32.2. The molecule has 0 fully saturated rings. The molecule has 0 atom stereocenters. The highest BCUT2D eigenvalue weighted by molar-refractivity contribution is 7.98. The van der Waals surface area contributed by atoms with E-state index in [0.717, 1.165) is 29.1 Å². The molecule has 0 unspecified atom stereocenters. The van der Waals surface area contributed by atoms with Crippen LogP contribution in [0.4, 0.5) is 0 Å². The number of nitriles is 2. The second-order valence-corrected chi connectivity index (χ2v) is 4.19. The second-order valence-electron chi connectivity index (χ2n) is 3.08. The first-order valence-electron chi connectivity index (χ1n) is 4.81. The molecule has 15 heavy (non-hydrogen) atoms. The van der Waals surface area contributed by atoms with Gasteiger partial charge in [0.05, 0.1) is 17.7 Å². The van der Waals surface area contributed by atoms with Crippen molar-refractivity contribution in [2.24, 2.45) is 0 Å². The molecule has 0 bridgehead atoms. The Morgan fingerprint density at radius 3 is 2.73 bits per heavy atom. The maximum atomic E-state index is 8.86. The summed E-state index contributed by atoms with van der Waals surface area (Å²) in [5, 5.41) is 17.2. The summed E-state index contributed by atoms with van der Waals surface area (Å²) in [4.78, 5) is 0. The molecule has 2 nitrogen and oxygen atoms in total. The standard InChI is InChI=1S/C12H12N2S/c13-7-3-4-8-15-10-12-6-2-1-5-11(12)9-14/h1-2,5-6H,3-4,8,10H2. The molecule has 0 amide bonds. The predicted octanol–water partition coefficient (Wildman–Crippen LogP) is 3.10. The SMILES string of the molecule is N#CCCCSCc1ccccc1C#N. The molecule has 0 aliphatic rings. The van der Waals surface area contributed by atoms with Gasteiger partial charge in [0.15, 0.2) is 0 Å². The van der Waals surface area contributed by atoms with Crippen LogP contribution in [0.1, 0.15) is 24.0 Å². The Hall–Kier alpha value is -1.45. The average Bonchev–Trinajstić information content (AvgIpc) is 2.29. The summed E-state index contributed by atoms with van der Waals surface area (Å²) in [7, 11) is 0. The fraction of sp³-hybridized carbons (Fsp3) is 0.333. The minimum atomic E-state index is 0.618. The third kappa shape index (κ3) is 4.06. The molecule has 0 heterocycles. The molecule has 1 rings (SSSR count). The van der Waals surface area contributed by atoms with Gasteiger partial charge >= 0.3 is 0 Å². The first kappa shape index (κ1) is 11.6. The molecule has 0 N–H and O–H groups in total. The summed E-state index contributed by atoms with van der Waals surface area (Å²) in [6.07, 6.45) is 1.54. The quantitative estimate of drug-likeness (QED) is 0.710. The number of nitrogens with zero attached hydrogens (tertiary/aromatic N) is 2. The van der Waals surface area contributed by atoms with Crippen LogP contribution in [0.2, 0.25) is 0 Å². The van der Waals surface area contributed by atoms with Gasteiger partial charge in [0.2, 0.25) is 0 Å². The van der Waals surface area contributed by atoms with Crippen molar-refractivity contribution in [3.8, 4) is 12.1 Å². The van der Waals surface area contributed by atoms with Crippen LogP contribution in [0.5, 0.6) is 0 Å². The third-order valence-electron chi connectivity index (χ3n) is 1.97. The van der Waals surface area contributed by atoms with Gasteiger partial charge in [-0.25, -0.2) is 0 Å². The Kier molecular flexibility index (Phi) is 5.37. The van der Waals surface area contributed by atoms with Gasteiger partial charge in [0.25, 0.3) is 0 Å². The first-order chi connectivity index (χ1) is 7.38. The van der Waals surface area contributed by atoms with Gasteiger partial charge in [-0.05, 0) is 23.8 Å². The van der Waals surface area contributed by atoms with Gasteiger partial charge in [-0.1, -0.05) is 18.2 Å². The van der Waals surface area contributed by atoms with Gasteiger partial charge in [-0.2, -0.15) is 22.3 Å². The Labute approximate surface area is 94.5 Å². The summed E-state index contributed by atoms with van der Waals surface area (Å²) < 4.78 is 0. The second kappa shape index (κ2) is 6.92. The summed E-state index contributed by atoms with van der Waals surface area (Å²) in [6.45, 7) is 0. The molecule has 0 saturated heterocycles. The van der Waals surface area contributed by atoms with Crippen LogP contribution in [0.25, 0.3) is 0 Å². The van der Waals surface area contributed by atoms with Crippen LogP contribution in [-0.2, 0) is 5.75 Å². The Morgan fingerprint density at radius 1 is 1.20 bits per heavy atom. The number of unbranched alkanes of at least 4 members (excludes halogenated alkanes) is 1. The smallest absolute Gasteiger partial charge is 0.0994 e. The van der Waals surface area contributed by atoms with E-state index in [9.17, 15) is 0 Å². The molecular formula is C12H12N2S. The largest absolute Gasteiger partial charge is 0.198 e. The normalized spacial score (nSPS) is 9.20. The van der Waals surface area contributed by atoms with Crippen molar-refractivity contribution >= 4 is 11.8 Å². The van der Waals surface area contributed by atoms with E-state index in [1.54, 1.807) is 11.8 Å². The number of rotatable bonds is 5.